The van der Waals surface area contributed by atoms with E-state index in [4.69, 9.17) is 4.74 Å². The highest BCUT2D eigenvalue weighted by Crippen LogP contribution is 2.24. The first-order valence-electron chi connectivity index (χ1n) is 5.41. The third-order valence-corrected chi connectivity index (χ3v) is 2.78. The van der Waals surface area contributed by atoms with Crippen LogP contribution in [0.1, 0.15) is 31.4 Å². The molecule has 1 unspecified atom stereocenters. The van der Waals surface area contributed by atoms with Gasteiger partial charge in [0.1, 0.15) is 0 Å². The van der Waals surface area contributed by atoms with Crippen LogP contribution in [0.15, 0.2) is 24.3 Å². The van der Waals surface area contributed by atoms with Gasteiger partial charge in [-0.15, -0.1) is 0 Å². The van der Waals surface area contributed by atoms with E-state index in [1.54, 1.807) is 7.11 Å². The van der Waals surface area contributed by atoms with Gasteiger partial charge in [-0.2, -0.15) is 0 Å². The van der Waals surface area contributed by atoms with E-state index >= 15 is 0 Å². The highest BCUT2D eigenvalue weighted by Gasteiger charge is 2.22. The lowest BCUT2D eigenvalue weighted by atomic mass is 9.92. The number of rotatable bonds is 5. The largest absolute Gasteiger partial charge is 0.385 e. The standard InChI is InChI=1S/C13H20O2/c1-4-11-5-7-12(8-6-11)13(2,14)9-10-15-3/h5-8,14H,4,9-10H2,1-3H3. The molecule has 84 valence electrons. The minimum Gasteiger partial charge on any atom is -0.385 e. The summed E-state index contributed by atoms with van der Waals surface area (Å²) in [5.41, 5.74) is 1.46. The van der Waals surface area contributed by atoms with Gasteiger partial charge in [-0.3, -0.25) is 0 Å². The number of benzene rings is 1. The van der Waals surface area contributed by atoms with Gasteiger partial charge in [0.2, 0.25) is 0 Å². The molecule has 0 amide bonds. The zero-order valence-electron chi connectivity index (χ0n) is 9.79. The van der Waals surface area contributed by atoms with Gasteiger partial charge in [-0.05, 0) is 24.5 Å². The third kappa shape index (κ3) is 3.33. The second-order valence-corrected chi connectivity index (χ2v) is 4.07. The first-order chi connectivity index (χ1) is 7.10. The lowest BCUT2D eigenvalue weighted by Gasteiger charge is -2.23. The van der Waals surface area contributed by atoms with Crippen LogP contribution < -0.4 is 0 Å². The monoisotopic (exact) mass is 208 g/mol. The van der Waals surface area contributed by atoms with Crippen molar-refractivity contribution in [3.8, 4) is 0 Å². The highest BCUT2D eigenvalue weighted by atomic mass is 16.5. The Kier molecular flexibility index (Phi) is 4.30. The average molecular weight is 208 g/mol. The maximum absolute atomic E-state index is 10.2. The summed E-state index contributed by atoms with van der Waals surface area (Å²) in [6.45, 7) is 4.52. The number of hydrogen-bond donors (Lipinski definition) is 1. The lowest BCUT2D eigenvalue weighted by molar-refractivity contribution is 0.0210. The number of aliphatic hydroxyl groups is 1. The molecule has 0 heterocycles. The minimum atomic E-state index is -0.789. The number of hydrogen-bond acceptors (Lipinski definition) is 2. The summed E-state index contributed by atoms with van der Waals surface area (Å²) in [5, 5.41) is 10.2. The molecular weight excluding hydrogens is 188 g/mol. The van der Waals surface area contributed by atoms with Crippen molar-refractivity contribution in [2.24, 2.45) is 0 Å². The molecular formula is C13H20O2. The van der Waals surface area contributed by atoms with Crippen molar-refractivity contribution in [2.75, 3.05) is 13.7 Å². The van der Waals surface area contributed by atoms with E-state index in [-0.39, 0.29) is 0 Å². The normalized spacial score (nSPS) is 14.9. The second-order valence-electron chi connectivity index (χ2n) is 4.07. The van der Waals surface area contributed by atoms with Gasteiger partial charge >= 0.3 is 0 Å². The summed E-state index contributed by atoms with van der Waals surface area (Å²) < 4.78 is 4.98. The highest BCUT2D eigenvalue weighted by molar-refractivity contribution is 5.26. The zero-order valence-corrected chi connectivity index (χ0v) is 9.79. The summed E-state index contributed by atoms with van der Waals surface area (Å²) in [7, 11) is 1.65. The molecule has 0 fully saturated rings. The minimum absolute atomic E-state index is 0.572. The fraction of sp³-hybridized carbons (Fsp3) is 0.538. The molecule has 0 aromatic heterocycles. The Morgan fingerprint density at radius 2 is 1.87 bits per heavy atom. The van der Waals surface area contributed by atoms with E-state index in [1.165, 1.54) is 5.56 Å². The van der Waals surface area contributed by atoms with E-state index < -0.39 is 5.60 Å². The number of ether oxygens (including phenoxy) is 1. The molecule has 2 nitrogen and oxygen atoms in total. The molecule has 15 heavy (non-hydrogen) atoms. The summed E-state index contributed by atoms with van der Waals surface area (Å²) in [5.74, 6) is 0. The SMILES string of the molecule is CCc1ccc(C(C)(O)CCOC)cc1. The van der Waals surface area contributed by atoms with Crippen LogP contribution in [0.4, 0.5) is 0 Å². The molecule has 0 aliphatic rings. The van der Waals surface area contributed by atoms with Crippen molar-refractivity contribution in [1.82, 2.24) is 0 Å². The van der Waals surface area contributed by atoms with Gasteiger partial charge in [-0.1, -0.05) is 31.2 Å². The van der Waals surface area contributed by atoms with Gasteiger partial charge in [-0.25, -0.2) is 0 Å². The van der Waals surface area contributed by atoms with Crippen molar-refractivity contribution in [1.29, 1.82) is 0 Å². The third-order valence-electron chi connectivity index (χ3n) is 2.78. The summed E-state index contributed by atoms with van der Waals surface area (Å²) >= 11 is 0. The molecule has 1 atom stereocenters. The van der Waals surface area contributed by atoms with Gasteiger partial charge in [0.05, 0.1) is 5.60 Å². The molecule has 0 aliphatic carbocycles. The molecule has 1 aromatic rings. The quantitative estimate of drug-likeness (QED) is 0.805. The molecule has 1 aromatic carbocycles. The number of methoxy groups -OCH3 is 1. The first-order valence-corrected chi connectivity index (χ1v) is 5.41. The molecule has 1 rings (SSSR count). The van der Waals surface area contributed by atoms with Gasteiger partial charge in [0.15, 0.2) is 0 Å². The molecule has 0 spiro atoms. The Morgan fingerprint density at radius 3 is 2.33 bits per heavy atom. The maximum Gasteiger partial charge on any atom is 0.0890 e. The first kappa shape index (κ1) is 12.2. The fourth-order valence-corrected chi connectivity index (χ4v) is 1.54. The van der Waals surface area contributed by atoms with Crippen LogP contribution in [0.3, 0.4) is 0 Å². The van der Waals surface area contributed by atoms with E-state index in [0.717, 1.165) is 12.0 Å². The van der Waals surface area contributed by atoms with E-state index in [2.05, 4.69) is 19.1 Å². The van der Waals surface area contributed by atoms with Gasteiger partial charge in [0.25, 0.3) is 0 Å². The molecule has 0 bridgehead atoms. The van der Waals surface area contributed by atoms with Gasteiger partial charge in [0, 0.05) is 20.1 Å². The predicted molar refractivity (Wildman–Crippen MR) is 61.9 cm³/mol. The molecule has 0 aliphatic heterocycles. The Balaban J connectivity index is 2.75. The second kappa shape index (κ2) is 5.29. The van der Waals surface area contributed by atoms with Gasteiger partial charge < -0.3 is 9.84 Å². The van der Waals surface area contributed by atoms with E-state index in [0.29, 0.717) is 13.0 Å². The summed E-state index contributed by atoms with van der Waals surface area (Å²) in [6.07, 6.45) is 1.65. The molecule has 0 saturated carbocycles. The lowest BCUT2D eigenvalue weighted by Crippen LogP contribution is -2.23. The van der Waals surface area contributed by atoms with Crippen molar-refractivity contribution < 1.29 is 9.84 Å². The van der Waals surface area contributed by atoms with Crippen molar-refractivity contribution in [3.63, 3.8) is 0 Å². The molecule has 1 N–H and O–H groups in total. The average Bonchev–Trinajstić information content (AvgIpc) is 2.26. The van der Waals surface area contributed by atoms with Crippen LogP contribution in [-0.4, -0.2) is 18.8 Å². The topological polar surface area (TPSA) is 29.5 Å². The summed E-state index contributed by atoms with van der Waals surface area (Å²) in [4.78, 5) is 0. The van der Waals surface area contributed by atoms with Crippen LogP contribution >= 0.6 is 0 Å². The predicted octanol–water partition coefficient (Wildman–Crippen LogP) is 2.49. The summed E-state index contributed by atoms with van der Waals surface area (Å²) in [6, 6.07) is 8.12. The number of aryl methyl sites for hydroxylation is 1. The van der Waals surface area contributed by atoms with Crippen LogP contribution in [-0.2, 0) is 16.8 Å². The Morgan fingerprint density at radius 1 is 1.27 bits per heavy atom. The Hall–Kier alpha value is -0.860. The molecule has 2 heteroatoms. The molecule has 0 saturated heterocycles. The van der Waals surface area contributed by atoms with Crippen LogP contribution in [0, 0.1) is 0 Å². The van der Waals surface area contributed by atoms with Crippen LogP contribution in [0.5, 0.6) is 0 Å². The van der Waals surface area contributed by atoms with Crippen molar-refractivity contribution >= 4 is 0 Å². The molecule has 0 radical (unpaired) electrons. The Labute approximate surface area is 91.9 Å². The van der Waals surface area contributed by atoms with E-state index in [9.17, 15) is 5.11 Å². The van der Waals surface area contributed by atoms with Crippen molar-refractivity contribution in [3.05, 3.63) is 35.4 Å². The Bertz CT molecular complexity index is 288. The fourth-order valence-electron chi connectivity index (χ4n) is 1.54. The smallest absolute Gasteiger partial charge is 0.0890 e. The zero-order chi connectivity index (χ0) is 11.3. The van der Waals surface area contributed by atoms with E-state index in [1.807, 2.05) is 19.1 Å². The maximum atomic E-state index is 10.2. The van der Waals surface area contributed by atoms with Crippen molar-refractivity contribution in [2.45, 2.75) is 32.3 Å². The van der Waals surface area contributed by atoms with Crippen LogP contribution in [0.2, 0.25) is 0 Å². The van der Waals surface area contributed by atoms with Crippen LogP contribution in [0.25, 0.3) is 0 Å².